The van der Waals surface area contributed by atoms with Crippen molar-refractivity contribution in [3.63, 3.8) is 0 Å². The molecule has 0 amide bonds. The van der Waals surface area contributed by atoms with Crippen LogP contribution in [0.1, 0.15) is 58.6 Å². The van der Waals surface area contributed by atoms with Crippen molar-refractivity contribution in [2.75, 3.05) is 7.05 Å². The van der Waals surface area contributed by atoms with Crippen molar-refractivity contribution in [1.29, 1.82) is 0 Å². The molecule has 1 N–H and O–H groups in total. The Morgan fingerprint density at radius 2 is 1.80 bits per heavy atom. The van der Waals surface area contributed by atoms with Gasteiger partial charge in [0.2, 0.25) is 0 Å². The number of piperidine rings is 1. The minimum Gasteiger partial charge on any atom is -0.478 e. The van der Waals surface area contributed by atoms with Gasteiger partial charge in [-0.1, -0.05) is 6.07 Å². The fraction of sp³-hybridized carbons (Fsp3) is 0.588. The van der Waals surface area contributed by atoms with Gasteiger partial charge in [-0.3, -0.25) is 0 Å². The standard InChI is InChI=1S/C17H23NO2/c1-10-6-11(2)16(15(7-10)17(19)20)12-8-13-4-5-14(9-12)18(13)3/h6-7,12-14H,4-5,8-9H2,1-3H3,(H,19,20)/t12?,13-,14+. The number of carboxylic acid groups (broad SMARTS) is 1. The highest BCUT2D eigenvalue weighted by atomic mass is 16.4. The highest BCUT2D eigenvalue weighted by molar-refractivity contribution is 5.90. The Morgan fingerprint density at radius 3 is 2.35 bits per heavy atom. The minimum atomic E-state index is -0.780. The van der Waals surface area contributed by atoms with Gasteiger partial charge in [0.1, 0.15) is 0 Å². The number of carbonyl (C=O) groups is 1. The smallest absolute Gasteiger partial charge is 0.335 e. The lowest BCUT2D eigenvalue weighted by atomic mass is 9.80. The first-order chi connectivity index (χ1) is 9.47. The van der Waals surface area contributed by atoms with Crippen LogP contribution in [-0.2, 0) is 0 Å². The maximum atomic E-state index is 11.6. The van der Waals surface area contributed by atoms with Gasteiger partial charge in [0.15, 0.2) is 0 Å². The van der Waals surface area contributed by atoms with E-state index in [0.29, 0.717) is 23.6 Å². The monoisotopic (exact) mass is 273 g/mol. The topological polar surface area (TPSA) is 40.5 Å². The van der Waals surface area contributed by atoms with Crippen LogP contribution in [0.5, 0.6) is 0 Å². The van der Waals surface area contributed by atoms with Crippen LogP contribution in [0.25, 0.3) is 0 Å². The van der Waals surface area contributed by atoms with Crippen LogP contribution in [0, 0.1) is 13.8 Å². The summed E-state index contributed by atoms with van der Waals surface area (Å²) in [6.45, 7) is 4.04. The third-order valence-electron chi connectivity index (χ3n) is 5.27. The highest BCUT2D eigenvalue weighted by Gasteiger charge is 2.40. The fourth-order valence-corrected chi connectivity index (χ4v) is 4.34. The number of rotatable bonds is 2. The van der Waals surface area contributed by atoms with E-state index >= 15 is 0 Å². The van der Waals surface area contributed by atoms with E-state index in [-0.39, 0.29) is 0 Å². The van der Waals surface area contributed by atoms with E-state index in [1.807, 2.05) is 13.0 Å². The number of aromatic carboxylic acids is 1. The molecule has 1 aromatic rings. The first-order valence-corrected chi connectivity index (χ1v) is 7.53. The van der Waals surface area contributed by atoms with Gasteiger partial charge in [-0.25, -0.2) is 4.79 Å². The summed E-state index contributed by atoms with van der Waals surface area (Å²) in [6.07, 6.45) is 4.75. The SMILES string of the molecule is Cc1cc(C)c(C2C[C@H]3CC[C@@H](C2)N3C)c(C(=O)O)c1. The molecule has 3 atom stereocenters. The molecule has 0 radical (unpaired) electrons. The Kier molecular flexibility index (Phi) is 3.33. The van der Waals surface area contributed by atoms with E-state index in [1.165, 1.54) is 12.8 Å². The molecule has 3 heteroatoms. The second kappa shape index (κ2) is 4.88. The zero-order valence-electron chi connectivity index (χ0n) is 12.5. The fourth-order valence-electron chi connectivity index (χ4n) is 4.34. The number of hydrogen-bond acceptors (Lipinski definition) is 2. The quantitative estimate of drug-likeness (QED) is 0.898. The van der Waals surface area contributed by atoms with E-state index < -0.39 is 5.97 Å². The molecule has 0 spiro atoms. The van der Waals surface area contributed by atoms with Crippen molar-refractivity contribution in [3.05, 3.63) is 34.4 Å². The number of fused-ring (bicyclic) bond motifs is 2. The average Bonchev–Trinajstić information content (AvgIpc) is 2.61. The van der Waals surface area contributed by atoms with Gasteiger partial charge in [0.25, 0.3) is 0 Å². The predicted octanol–water partition coefficient (Wildman–Crippen LogP) is 3.34. The molecule has 2 saturated heterocycles. The van der Waals surface area contributed by atoms with Gasteiger partial charge in [-0.2, -0.15) is 0 Å². The third kappa shape index (κ3) is 2.14. The maximum absolute atomic E-state index is 11.6. The Labute approximate surface area is 120 Å². The number of nitrogens with zero attached hydrogens (tertiary/aromatic N) is 1. The van der Waals surface area contributed by atoms with Crippen LogP contribution >= 0.6 is 0 Å². The molecular formula is C17H23NO2. The minimum absolute atomic E-state index is 0.412. The maximum Gasteiger partial charge on any atom is 0.335 e. The molecule has 108 valence electrons. The van der Waals surface area contributed by atoms with Crippen molar-refractivity contribution >= 4 is 5.97 Å². The number of hydrogen-bond donors (Lipinski definition) is 1. The molecule has 0 aromatic heterocycles. The summed E-state index contributed by atoms with van der Waals surface area (Å²) in [7, 11) is 2.22. The van der Waals surface area contributed by atoms with Gasteiger partial charge < -0.3 is 10.0 Å². The lowest BCUT2D eigenvalue weighted by Crippen LogP contribution is -2.39. The van der Waals surface area contributed by atoms with Crippen molar-refractivity contribution in [2.24, 2.45) is 0 Å². The van der Waals surface area contributed by atoms with Crippen molar-refractivity contribution in [2.45, 2.75) is 57.5 Å². The van der Waals surface area contributed by atoms with Gasteiger partial charge in [0.05, 0.1) is 5.56 Å². The van der Waals surface area contributed by atoms with Crippen LogP contribution in [0.2, 0.25) is 0 Å². The Balaban J connectivity index is 2.00. The Morgan fingerprint density at radius 1 is 1.20 bits per heavy atom. The second-order valence-electron chi connectivity index (χ2n) is 6.57. The largest absolute Gasteiger partial charge is 0.478 e. The summed E-state index contributed by atoms with van der Waals surface area (Å²) in [5.41, 5.74) is 3.81. The highest BCUT2D eigenvalue weighted by Crippen LogP contribution is 2.44. The molecule has 2 aliphatic heterocycles. The molecule has 2 bridgehead atoms. The molecule has 0 saturated carbocycles. The molecule has 0 aliphatic carbocycles. The van der Waals surface area contributed by atoms with Gasteiger partial charge in [0, 0.05) is 12.1 Å². The summed E-state index contributed by atoms with van der Waals surface area (Å²) in [6, 6.07) is 5.24. The summed E-state index contributed by atoms with van der Waals surface area (Å²) in [5, 5.41) is 9.53. The summed E-state index contributed by atoms with van der Waals surface area (Å²) in [5.74, 6) is -0.367. The first-order valence-electron chi connectivity index (χ1n) is 7.53. The Hall–Kier alpha value is -1.35. The van der Waals surface area contributed by atoms with Crippen molar-refractivity contribution in [1.82, 2.24) is 4.90 Å². The van der Waals surface area contributed by atoms with Crippen LogP contribution in [0.4, 0.5) is 0 Å². The zero-order valence-corrected chi connectivity index (χ0v) is 12.5. The molecular weight excluding hydrogens is 250 g/mol. The lowest BCUT2D eigenvalue weighted by Gasteiger charge is -2.37. The van der Waals surface area contributed by atoms with Gasteiger partial charge in [-0.15, -0.1) is 0 Å². The van der Waals surface area contributed by atoms with E-state index in [2.05, 4.69) is 24.9 Å². The molecule has 2 aliphatic rings. The second-order valence-corrected chi connectivity index (χ2v) is 6.57. The molecule has 2 heterocycles. The molecule has 3 nitrogen and oxygen atoms in total. The first kappa shape index (κ1) is 13.6. The number of benzene rings is 1. The van der Waals surface area contributed by atoms with Gasteiger partial charge >= 0.3 is 5.97 Å². The number of aryl methyl sites for hydroxylation is 2. The van der Waals surface area contributed by atoms with E-state index in [4.69, 9.17) is 0 Å². The summed E-state index contributed by atoms with van der Waals surface area (Å²) >= 11 is 0. The van der Waals surface area contributed by atoms with Crippen LogP contribution in [0.3, 0.4) is 0 Å². The molecule has 20 heavy (non-hydrogen) atoms. The molecule has 1 unspecified atom stereocenters. The van der Waals surface area contributed by atoms with Crippen LogP contribution < -0.4 is 0 Å². The molecule has 2 fully saturated rings. The van der Waals surface area contributed by atoms with Crippen molar-refractivity contribution in [3.8, 4) is 0 Å². The normalized spacial score (nSPS) is 29.6. The molecule has 1 aromatic carbocycles. The average molecular weight is 273 g/mol. The lowest BCUT2D eigenvalue weighted by molar-refractivity contribution is 0.0693. The summed E-state index contributed by atoms with van der Waals surface area (Å²) in [4.78, 5) is 14.1. The third-order valence-corrected chi connectivity index (χ3v) is 5.27. The van der Waals surface area contributed by atoms with Crippen molar-refractivity contribution < 1.29 is 9.90 Å². The van der Waals surface area contributed by atoms with Crippen LogP contribution in [0.15, 0.2) is 12.1 Å². The number of carboxylic acids is 1. The summed E-state index contributed by atoms with van der Waals surface area (Å²) < 4.78 is 0. The van der Waals surface area contributed by atoms with E-state index in [0.717, 1.165) is 29.5 Å². The predicted molar refractivity (Wildman–Crippen MR) is 79.4 cm³/mol. The van der Waals surface area contributed by atoms with E-state index in [9.17, 15) is 9.90 Å². The van der Waals surface area contributed by atoms with Crippen LogP contribution in [-0.4, -0.2) is 35.1 Å². The Bertz CT molecular complexity index is 538. The zero-order chi connectivity index (χ0) is 14.4. The van der Waals surface area contributed by atoms with Gasteiger partial charge in [-0.05, 0) is 75.3 Å². The van der Waals surface area contributed by atoms with E-state index in [1.54, 1.807) is 0 Å². The molecule has 3 rings (SSSR count).